The Morgan fingerprint density at radius 1 is 1.31 bits per heavy atom. The monoisotopic (exact) mass is 224 g/mol. The van der Waals surface area contributed by atoms with Gasteiger partial charge in [0.1, 0.15) is 0 Å². The highest BCUT2D eigenvalue weighted by atomic mass is 16.2. The average Bonchev–Trinajstić information content (AvgIpc) is 2.78. The summed E-state index contributed by atoms with van der Waals surface area (Å²) in [5, 5.41) is 6.43. The van der Waals surface area contributed by atoms with Gasteiger partial charge in [0, 0.05) is 6.54 Å². The van der Waals surface area contributed by atoms with Crippen LogP contribution in [0.2, 0.25) is 0 Å². The molecule has 1 saturated heterocycles. The molecule has 3 nitrogen and oxygen atoms in total. The minimum Gasteiger partial charge on any atom is -0.354 e. The van der Waals surface area contributed by atoms with Gasteiger partial charge < -0.3 is 10.6 Å². The van der Waals surface area contributed by atoms with E-state index in [0.29, 0.717) is 5.92 Å². The van der Waals surface area contributed by atoms with E-state index >= 15 is 0 Å². The Balaban J connectivity index is 1.70. The number of nitrogens with one attached hydrogen (secondary N) is 2. The maximum absolute atomic E-state index is 11.9. The first kappa shape index (κ1) is 11.9. The molecule has 1 aliphatic heterocycles. The third-order valence-corrected chi connectivity index (χ3v) is 4.02. The minimum absolute atomic E-state index is 0.0603. The quantitative estimate of drug-likeness (QED) is 0.766. The smallest absolute Gasteiger partial charge is 0.237 e. The van der Waals surface area contributed by atoms with E-state index in [0.717, 1.165) is 25.4 Å². The highest BCUT2D eigenvalue weighted by Gasteiger charge is 2.25. The number of rotatable bonds is 3. The number of piperidine rings is 1. The van der Waals surface area contributed by atoms with Gasteiger partial charge in [0.2, 0.25) is 5.91 Å². The zero-order valence-corrected chi connectivity index (χ0v) is 10.3. The molecule has 1 amide bonds. The number of amides is 1. The van der Waals surface area contributed by atoms with Crippen molar-refractivity contribution in [3.8, 4) is 0 Å². The molecule has 0 aromatic carbocycles. The van der Waals surface area contributed by atoms with Gasteiger partial charge in [-0.1, -0.05) is 19.8 Å². The Bertz CT molecular complexity index is 236. The van der Waals surface area contributed by atoms with Crippen molar-refractivity contribution in [3.05, 3.63) is 0 Å². The summed E-state index contributed by atoms with van der Waals surface area (Å²) in [4.78, 5) is 11.9. The molecule has 2 fully saturated rings. The van der Waals surface area contributed by atoms with Gasteiger partial charge in [0.15, 0.2) is 0 Å². The summed E-state index contributed by atoms with van der Waals surface area (Å²) < 4.78 is 0. The lowest BCUT2D eigenvalue weighted by atomic mass is 9.94. The first-order valence-corrected chi connectivity index (χ1v) is 6.77. The van der Waals surface area contributed by atoms with Crippen molar-refractivity contribution in [2.45, 2.75) is 51.5 Å². The second-order valence-electron chi connectivity index (χ2n) is 5.53. The van der Waals surface area contributed by atoms with Crippen molar-refractivity contribution in [1.82, 2.24) is 10.6 Å². The van der Waals surface area contributed by atoms with Crippen LogP contribution in [0.4, 0.5) is 0 Å². The largest absolute Gasteiger partial charge is 0.354 e. The summed E-state index contributed by atoms with van der Waals surface area (Å²) in [5.41, 5.74) is 0. The van der Waals surface area contributed by atoms with E-state index in [9.17, 15) is 4.79 Å². The molecular weight excluding hydrogens is 200 g/mol. The summed E-state index contributed by atoms with van der Waals surface area (Å²) in [5.74, 6) is 1.65. The molecule has 2 rings (SSSR count). The van der Waals surface area contributed by atoms with Crippen molar-refractivity contribution >= 4 is 5.91 Å². The molecular formula is C13H24N2O. The van der Waals surface area contributed by atoms with E-state index in [1.807, 2.05) is 0 Å². The van der Waals surface area contributed by atoms with Crippen LogP contribution in [0.3, 0.4) is 0 Å². The Hall–Kier alpha value is -0.570. The molecule has 2 aliphatic rings. The Morgan fingerprint density at radius 3 is 2.75 bits per heavy atom. The predicted molar refractivity (Wildman–Crippen MR) is 65.2 cm³/mol. The lowest BCUT2D eigenvalue weighted by Gasteiger charge is -2.27. The first-order valence-electron chi connectivity index (χ1n) is 6.77. The Kier molecular flexibility index (Phi) is 4.22. The second-order valence-corrected chi connectivity index (χ2v) is 5.53. The number of hydrogen-bond acceptors (Lipinski definition) is 2. The lowest BCUT2D eigenvalue weighted by Crippen LogP contribution is -2.49. The van der Waals surface area contributed by atoms with E-state index in [1.165, 1.54) is 32.1 Å². The van der Waals surface area contributed by atoms with Crippen molar-refractivity contribution in [3.63, 3.8) is 0 Å². The van der Waals surface area contributed by atoms with E-state index in [2.05, 4.69) is 17.6 Å². The molecule has 0 spiro atoms. The van der Waals surface area contributed by atoms with Crippen molar-refractivity contribution in [2.75, 3.05) is 13.1 Å². The molecule has 0 bridgehead atoms. The fraction of sp³-hybridized carbons (Fsp3) is 0.923. The molecule has 2 unspecified atom stereocenters. The van der Waals surface area contributed by atoms with Crippen LogP contribution in [-0.2, 0) is 4.79 Å². The maximum atomic E-state index is 11.9. The average molecular weight is 224 g/mol. The predicted octanol–water partition coefficient (Wildman–Crippen LogP) is 1.68. The van der Waals surface area contributed by atoms with Gasteiger partial charge in [0.25, 0.3) is 0 Å². The van der Waals surface area contributed by atoms with E-state index < -0.39 is 0 Å². The molecule has 16 heavy (non-hydrogen) atoms. The standard InChI is InChI=1S/C13H24N2O/c1-10-6-7-14-12(8-10)13(16)15-9-11-4-2-3-5-11/h10-12,14H,2-9H2,1H3,(H,15,16). The Labute approximate surface area is 98.4 Å². The van der Waals surface area contributed by atoms with E-state index in [1.54, 1.807) is 0 Å². The van der Waals surface area contributed by atoms with Gasteiger partial charge in [0.05, 0.1) is 6.04 Å². The molecule has 1 heterocycles. The number of carbonyl (C=O) groups is 1. The SMILES string of the molecule is CC1CCNC(C(=O)NCC2CCCC2)C1. The van der Waals surface area contributed by atoms with Crippen LogP contribution in [0, 0.1) is 11.8 Å². The van der Waals surface area contributed by atoms with Gasteiger partial charge in [-0.25, -0.2) is 0 Å². The first-order chi connectivity index (χ1) is 7.75. The normalized spacial score (nSPS) is 31.6. The maximum Gasteiger partial charge on any atom is 0.237 e. The van der Waals surface area contributed by atoms with Gasteiger partial charge >= 0.3 is 0 Å². The fourth-order valence-corrected chi connectivity index (χ4v) is 2.89. The third kappa shape index (κ3) is 3.21. The summed E-state index contributed by atoms with van der Waals surface area (Å²) in [6.07, 6.45) is 7.49. The summed E-state index contributed by atoms with van der Waals surface area (Å²) in [7, 11) is 0. The van der Waals surface area contributed by atoms with E-state index in [-0.39, 0.29) is 11.9 Å². The van der Waals surface area contributed by atoms with Gasteiger partial charge in [-0.15, -0.1) is 0 Å². The molecule has 3 heteroatoms. The molecule has 1 saturated carbocycles. The van der Waals surface area contributed by atoms with Crippen molar-refractivity contribution < 1.29 is 4.79 Å². The van der Waals surface area contributed by atoms with Gasteiger partial charge in [-0.05, 0) is 44.1 Å². The molecule has 0 aromatic heterocycles. The number of hydrogen-bond donors (Lipinski definition) is 2. The molecule has 1 aliphatic carbocycles. The van der Waals surface area contributed by atoms with E-state index in [4.69, 9.17) is 0 Å². The van der Waals surface area contributed by atoms with Crippen LogP contribution in [0.1, 0.15) is 45.4 Å². The van der Waals surface area contributed by atoms with Crippen LogP contribution < -0.4 is 10.6 Å². The summed E-state index contributed by atoms with van der Waals surface area (Å²) in [6, 6.07) is 0.0603. The summed E-state index contributed by atoms with van der Waals surface area (Å²) in [6.45, 7) is 4.12. The highest BCUT2D eigenvalue weighted by molar-refractivity contribution is 5.81. The number of carbonyl (C=O) groups excluding carboxylic acids is 1. The molecule has 2 N–H and O–H groups in total. The molecule has 0 radical (unpaired) electrons. The summed E-state index contributed by atoms with van der Waals surface area (Å²) >= 11 is 0. The zero-order valence-electron chi connectivity index (χ0n) is 10.3. The fourth-order valence-electron chi connectivity index (χ4n) is 2.89. The second kappa shape index (κ2) is 5.67. The van der Waals surface area contributed by atoms with Crippen LogP contribution in [0.25, 0.3) is 0 Å². The lowest BCUT2D eigenvalue weighted by molar-refractivity contribution is -0.124. The zero-order chi connectivity index (χ0) is 11.4. The molecule has 92 valence electrons. The van der Waals surface area contributed by atoms with Crippen molar-refractivity contribution in [2.24, 2.45) is 11.8 Å². The Morgan fingerprint density at radius 2 is 2.06 bits per heavy atom. The van der Waals surface area contributed by atoms with Crippen LogP contribution in [0.5, 0.6) is 0 Å². The van der Waals surface area contributed by atoms with Gasteiger partial charge in [-0.3, -0.25) is 4.79 Å². The van der Waals surface area contributed by atoms with Crippen LogP contribution in [-0.4, -0.2) is 25.0 Å². The van der Waals surface area contributed by atoms with Gasteiger partial charge in [-0.2, -0.15) is 0 Å². The highest BCUT2D eigenvalue weighted by Crippen LogP contribution is 2.23. The van der Waals surface area contributed by atoms with Crippen molar-refractivity contribution in [1.29, 1.82) is 0 Å². The molecule has 0 aromatic rings. The van der Waals surface area contributed by atoms with Crippen LogP contribution in [0.15, 0.2) is 0 Å². The minimum atomic E-state index is 0.0603. The van der Waals surface area contributed by atoms with Crippen LogP contribution >= 0.6 is 0 Å². The topological polar surface area (TPSA) is 41.1 Å². The molecule has 2 atom stereocenters. The third-order valence-electron chi connectivity index (χ3n) is 4.02.